The number of ether oxygens (including phenoxy) is 2. The molecule has 0 radical (unpaired) electrons. The van der Waals surface area contributed by atoms with E-state index in [1.165, 1.54) is 16.3 Å². The lowest BCUT2D eigenvalue weighted by Gasteiger charge is -2.41. The maximum Gasteiger partial charge on any atom is 0.136 e. The van der Waals surface area contributed by atoms with Crippen LogP contribution in [0.1, 0.15) is 23.4 Å². The van der Waals surface area contributed by atoms with Crippen LogP contribution in [0.15, 0.2) is 60.9 Å². The lowest BCUT2D eigenvalue weighted by molar-refractivity contribution is -0.0709. The molecule has 3 heterocycles. The van der Waals surface area contributed by atoms with E-state index in [1.807, 2.05) is 18.3 Å². The first-order valence-corrected chi connectivity index (χ1v) is 8.32. The molecular formula is C20H18N2O2. The molecule has 3 aromatic rings. The number of fused-ring (bicyclic) bond motifs is 5. The maximum absolute atomic E-state index is 6.03. The van der Waals surface area contributed by atoms with Gasteiger partial charge in [-0.25, -0.2) is 0 Å². The molecule has 0 bridgehead atoms. The number of benzene rings is 2. The summed E-state index contributed by atoms with van der Waals surface area (Å²) in [4.78, 5) is 4.21. The minimum absolute atomic E-state index is 0.134. The Labute approximate surface area is 140 Å². The van der Waals surface area contributed by atoms with Gasteiger partial charge >= 0.3 is 0 Å². The fourth-order valence-corrected chi connectivity index (χ4v) is 3.77. The summed E-state index contributed by atoms with van der Waals surface area (Å²) in [5.41, 5.74) is 2.31. The maximum atomic E-state index is 6.03. The summed E-state index contributed by atoms with van der Waals surface area (Å²) in [7, 11) is 0. The zero-order valence-corrected chi connectivity index (χ0v) is 13.2. The molecule has 2 aliphatic heterocycles. The second-order valence-electron chi connectivity index (χ2n) is 6.41. The van der Waals surface area contributed by atoms with Crippen molar-refractivity contribution in [3.8, 4) is 5.75 Å². The molecule has 0 amide bonds. The van der Waals surface area contributed by atoms with E-state index in [1.54, 1.807) is 6.20 Å². The van der Waals surface area contributed by atoms with Crippen LogP contribution in [0.2, 0.25) is 0 Å². The van der Waals surface area contributed by atoms with Crippen LogP contribution in [0.25, 0.3) is 10.8 Å². The van der Waals surface area contributed by atoms with Gasteiger partial charge < -0.3 is 9.47 Å². The molecule has 120 valence electrons. The normalized spacial score (nSPS) is 25.6. The summed E-state index contributed by atoms with van der Waals surface area (Å²) in [6, 6.07) is 16.9. The van der Waals surface area contributed by atoms with Crippen molar-refractivity contribution in [2.24, 2.45) is 5.92 Å². The van der Waals surface area contributed by atoms with Gasteiger partial charge in [0, 0.05) is 35.5 Å². The summed E-state index contributed by atoms with van der Waals surface area (Å²) >= 11 is 0. The Kier molecular flexibility index (Phi) is 3.25. The van der Waals surface area contributed by atoms with Crippen molar-refractivity contribution < 1.29 is 9.47 Å². The second kappa shape index (κ2) is 5.58. The topological polar surface area (TPSA) is 43.4 Å². The molecule has 1 N–H and O–H groups in total. The molecule has 24 heavy (non-hydrogen) atoms. The number of nitrogens with zero attached hydrogens (tertiary/aromatic N) is 1. The third kappa shape index (κ3) is 2.19. The molecule has 1 saturated heterocycles. The molecule has 0 saturated carbocycles. The largest absolute Gasteiger partial charge is 0.493 e. The molecule has 0 aliphatic carbocycles. The lowest BCUT2D eigenvalue weighted by Crippen LogP contribution is -2.45. The minimum Gasteiger partial charge on any atom is -0.493 e. The van der Waals surface area contributed by atoms with Crippen LogP contribution >= 0.6 is 0 Å². The fraction of sp³-hybridized carbons (Fsp3) is 0.250. The highest BCUT2D eigenvalue weighted by Gasteiger charge is 2.38. The van der Waals surface area contributed by atoms with E-state index in [4.69, 9.17) is 9.47 Å². The minimum atomic E-state index is -0.134. The molecular weight excluding hydrogens is 300 g/mol. The van der Waals surface area contributed by atoms with Gasteiger partial charge in [-0.1, -0.05) is 36.4 Å². The van der Waals surface area contributed by atoms with Gasteiger partial charge in [0.2, 0.25) is 0 Å². The Bertz CT molecular complexity index is 881. The Morgan fingerprint density at radius 1 is 1.00 bits per heavy atom. The van der Waals surface area contributed by atoms with E-state index in [9.17, 15) is 0 Å². The third-order valence-electron chi connectivity index (χ3n) is 4.96. The lowest BCUT2D eigenvalue weighted by atomic mass is 9.86. The number of nitrogens with one attached hydrogen (secondary N) is 1. The molecule has 3 atom stereocenters. The molecule has 1 fully saturated rings. The van der Waals surface area contributed by atoms with Crippen LogP contribution in [0.4, 0.5) is 0 Å². The zero-order valence-electron chi connectivity index (χ0n) is 13.2. The highest BCUT2D eigenvalue weighted by atomic mass is 16.5. The number of aromatic nitrogens is 1. The molecule has 5 rings (SSSR count). The Morgan fingerprint density at radius 3 is 2.88 bits per heavy atom. The van der Waals surface area contributed by atoms with Crippen LogP contribution in [0.5, 0.6) is 5.75 Å². The van der Waals surface area contributed by atoms with E-state index in [-0.39, 0.29) is 12.3 Å². The predicted octanol–water partition coefficient (Wildman–Crippen LogP) is 3.60. The highest BCUT2D eigenvalue weighted by Crippen LogP contribution is 2.43. The fourth-order valence-electron chi connectivity index (χ4n) is 3.77. The quantitative estimate of drug-likeness (QED) is 0.744. The van der Waals surface area contributed by atoms with Crippen molar-refractivity contribution in [2.45, 2.75) is 12.3 Å². The number of hydrogen-bond acceptors (Lipinski definition) is 4. The van der Waals surface area contributed by atoms with Gasteiger partial charge in [-0.15, -0.1) is 0 Å². The van der Waals surface area contributed by atoms with Crippen LogP contribution in [-0.2, 0) is 4.74 Å². The first-order chi connectivity index (χ1) is 11.9. The van der Waals surface area contributed by atoms with Gasteiger partial charge in [0.05, 0.1) is 13.2 Å². The van der Waals surface area contributed by atoms with Gasteiger partial charge in [-0.2, -0.15) is 0 Å². The van der Waals surface area contributed by atoms with Crippen molar-refractivity contribution in [1.82, 2.24) is 10.3 Å². The van der Waals surface area contributed by atoms with Crippen LogP contribution < -0.4 is 10.1 Å². The van der Waals surface area contributed by atoms with Crippen molar-refractivity contribution >= 4 is 10.8 Å². The summed E-state index contributed by atoms with van der Waals surface area (Å²) in [6.45, 7) is 1.36. The molecule has 4 nitrogen and oxygen atoms in total. The van der Waals surface area contributed by atoms with E-state index in [0.29, 0.717) is 19.1 Å². The summed E-state index contributed by atoms with van der Waals surface area (Å²) in [6.07, 6.45) is 3.51. The predicted molar refractivity (Wildman–Crippen MR) is 91.7 cm³/mol. The smallest absolute Gasteiger partial charge is 0.136 e. The van der Waals surface area contributed by atoms with Crippen molar-refractivity contribution in [3.05, 3.63) is 72.1 Å². The number of hydrogen-bond donors (Lipinski definition) is 1. The van der Waals surface area contributed by atoms with Crippen molar-refractivity contribution in [1.29, 1.82) is 0 Å². The summed E-state index contributed by atoms with van der Waals surface area (Å²) < 4.78 is 12.0. The van der Waals surface area contributed by atoms with E-state index < -0.39 is 0 Å². The van der Waals surface area contributed by atoms with Crippen molar-refractivity contribution in [2.75, 3.05) is 13.2 Å². The van der Waals surface area contributed by atoms with Crippen molar-refractivity contribution in [3.63, 3.8) is 0 Å². The van der Waals surface area contributed by atoms with Crippen LogP contribution in [0.3, 0.4) is 0 Å². The second-order valence-corrected chi connectivity index (χ2v) is 6.41. The van der Waals surface area contributed by atoms with Gasteiger partial charge in [0.25, 0.3) is 0 Å². The molecule has 2 aliphatic rings. The molecule has 0 spiro atoms. The first kappa shape index (κ1) is 14.0. The average Bonchev–Trinajstić information content (AvgIpc) is 2.67. The summed E-state index contributed by atoms with van der Waals surface area (Å²) in [5.74, 6) is 1.30. The van der Waals surface area contributed by atoms with E-state index in [0.717, 1.165) is 11.3 Å². The standard InChI is InChI=1S/C20H18N2O2/c1-2-6-16-13(4-1)7-8-17-18(16)19-15(11-23-17)12-24-20(22-19)14-5-3-9-21-10-14/h1-10,15,19-20,22H,11-12H2/t15-,19-,20-/m0/s1. The summed E-state index contributed by atoms with van der Waals surface area (Å²) in [5, 5.41) is 6.17. The van der Waals surface area contributed by atoms with Gasteiger partial charge in [0.1, 0.15) is 12.0 Å². The van der Waals surface area contributed by atoms with Gasteiger partial charge in [-0.05, 0) is 22.9 Å². The molecule has 4 heteroatoms. The Hall–Kier alpha value is -2.43. The zero-order chi connectivity index (χ0) is 15.9. The van der Waals surface area contributed by atoms with Crippen LogP contribution in [-0.4, -0.2) is 18.2 Å². The Morgan fingerprint density at radius 2 is 1.96 bits per heavy atom. The van der Waals surface area contributed by atoms with Gasteiger partial charge in [-0.3, -0.25) is 10.3 Å². The van der Waals surface area contributed by atoms with E-state index in [2.05, 4.69) is 46.7 Å². The molecule has 0 unspecified atom stereocenters. The van der Waals surface area contributed by atoms with Crippen LogP contribution in [0, 0.1) is 5.92 Å². The molecule has 1 aromatic heterocycles. The highest BCUT2D eigenvalue weighted by molar-refractivity contribution is 5.88. The first-order valence-electron chi connectivity index (χ1n) is 8.32. The molecule has 2 aromatic carbocycles. The average molecular weight is 318 g/mol. The Balaban J connectivity index is 1.59. The third-order valence-corrected chi connectivity index (χ3v) is 4.96. The SMILES string of the molecule is c1cncc([C@H]2N[C@@H]3c4c(ccc5ccccc45)OC[C@H]3CO2)c1. The van der Waals surface area contributed by atoms with Gasteiger partial charge in [0.15, 0.2) is 0 Å². The monoisotopic (exact) mass is 318 g/mol. The number of rotatable bonds is 1. The number of pyridine rings is 1. The van der Waals surface area contributed by atoms with E-state index >= 15 is 0 Å².